The predicted molar refractivity (Wildman–Crippen MR) is 81.9 cm³/mol. The van der Waals surface area contributed by atoms with Crippen molar-refractivity contribution in [3.63, 3.8) is 0 Å². The third-order valence-electron chi connectivity index (χ3n) is 3.29. The van der Waals surface area contributed by atoms with Gasteiger partial charge in [-0.25, -0.2) is 0 Å². The SMILES string of the molecule is CCNC(=NCCc1cccc(Cl)c1)N1CCCC1. The molecule has 3 nitrogen and oxygen atoms in total. The molecule has 0 aromatic heterocycles. The van der Waals surface area contributed by atoms with E-state index < -0.39 is 0 Å². The van der Waals surface area contributed by atoms with E-state index in [4.69, 9.17) is 16.6 Å². The summed E-state index contributed by atoms with van der Waals surface area (Å²) in [6.45, 7) is 6.10. The molecule has 0 saturated carbocycles. The molecule has 1 aliphatic rings. The number of halogens is 1. The van der Waals surface area contributed by atoms with Gasteiger partial charge in [0.1, 0.15) is 0 Å². The minimum absolute atomic E-state index is 0.799. The highest BCUT2D eigenvalue weighted by atomic mass is 35.5. The molecule has 0 spiro atoms. The Labute approximate surface area is 120 Å². The highest BCUT2D eigenvalue weighted by molar-refractivity contribution is 6.30. The lowest BCUT2D eigenvalue weighted by atomic mass is 10.1. The minimum atomic E-state index is 0.799. The van der Waals surface area contributed by atoms with E-state index in [1.54, 1.807) is 0 Å². The predicted octanol–water partition coefficient (Wildman–Crippen LogP) is 2.94. The van der Waals surface area contributed by atoms with Crippen LogP contribution in [0.25, 0.3) is 0 Å². The van der Waals surface area contributed by atoms with Crippen molar-refractivity contribution in [1.82, 2.24) is 10.2 Å². The lowest BCUT2D eigenvalue weighted by Crippen LogP contribution is -2.39. The number of guanidine groups is 1. The molecule has 0 aliphatic carbocycles. The second-order valence-electron chi connectivity index (χ2n) is 4.81. The molecule has 1 aliphatic heterocycles. The zero-order valence-corrected chi connectivity index (χ0v) is 12.3. The average molecular weight is 280 g/mol. The Morgan fingerprint density at radius 1 is 1.37 bits per heavy atom. The molecule has 19 heavy (non-hydrogen) atoms. The van der Waals surface area contributed by atoms with E-state index in [0.29, 0.717) is 0 Å². The number of hydrogen-bond acceptors (Lipinski definition) is 1. The van der Waals surface area contributed by atoms with Gasteiger partial charge < -0.3 is 10.2 Å². The number of nitrogens with zero attached hydrogens (tertiary/aromatic N) is 2. The van der Waals surface area contributed by atoms with E-state index in [1.807, 2.05) is 18.2 Å². The molecule has 1 aromatic carbocycles. The van der Waals surface area contributed by atoms with Crippen LogP contribution in [0.1, 0.15) is 25.3 Å². The van der Waals surface area contributed by atoms with Crippen LogP contribution in [0.15, 0.2) is 29.3 Å². The van der Waals surface area contributed by atoms with Crippen molar-refractivity contribution in [2.75, 3.05) is 26.2 Å². The molecule has 2 rings (SSSR count). The van der Waals surface area contributed by atoms with Crippen LogP contribution < -0.4 is 5.32 Å². The van der Waals surface area contributed by atoms with Gasteiger partial charge >= 0.3 is 0 Å². The molecule has 4 heteroatoms. The van der Waals surface area contributed by atoms with Crippen LogP contribution in [0, 0.1) is 0 Å². The maximum atomic E-state index is 5.98. The Balaban J connectivity index is 1.90. The van der Waals surface area contributed by atoms with Gasteiger partial charge in [0.05, 0.1) is 0 Å². The van der Waals surface area contributed by atoms with Crippen LogP contribution >= 0.6 is 11.6 Å². The minimum Gasteiger partial charge on any atom is -0.357 e. The van der Waals surface area contributed by atoms with Crippen molar-refractivity contribution in [2.45, 2.75) is 26.2 Å². The number of rotatable bonds is 4. The number of likely N-dealkylation sites (tertiary alicyclic amines) is 1. The van der Waals surface area contributed by atoms with Gasteiger partial charge in [-0.2, -0.15) is 0 Å². The van der Waals surface area contributed by atoms with E-state index in [1.165, 1.54) is 18.4 Å². The summed E-state index contributed by atoms with van der Waals surface area (Å²) in [7, 11) is 0. The summed E-state index contributed by atoms with van der Waals surface area (Å²) in [4.78, 5) is 7.06. The topological polar surface area (TPSA) is 27.6 Å². The lowest BCUT2D eigenvalue weighted by Gasteiger charge is -2.20. The molecule has 0 amide bonds. The zero-order valence-electron chi connectivity index (χ0n) is 11.5. The molecule has 1 saturated heterocycles. The summed E-state index contributed by atoms with van der Waals surface area (Å²) in [5.41, 5.74) is 1.24. The van der Waals surface area contributed by atoms with E-state index >= 15 is 0 Å². The largest absolute Gasteiger partial charge is 0.357 e. The Kier molecular flexibility index (Phi) is 5.52. The van der Waals surface area contributed by atoms with Gasteiger partial charge in [0.25, 0.3) is 0 Å². The fourth-order valence-electron chi connectivity index (χ4n) is 2.34. The number of hydrogen-bond donors (Lipinski definition) is 1. The smallest absolute Gasteiger partial charge is 0.193 e. The van der Waals surface area contributed by atoms with E-state index in [-0.39, 0.29) is 0 Å². The first-order valence-electron chi connectivity index (χ1n) is 7.07. The molecular formula is C15H22ClN3. The molecule has 104 valence electrons. The fraction of sp³-hybridized carbons (Fsp3) is 0.533. The highest BCUT2D eigenvalue weighted by Gasteiger charge is 2.14. The third kappa shape index (κ3) is 4.43. The maximum Gasteiger partial charge on any atom is 0.193 e. The van der Waals surface area contributed by atoms with Gasteiger partial charge in [0, 0.05) is 31.2 Å². The second-order valence-corrected chi connectivity index (χ2v) is 5.25. The van der Waals surface area contributed by atoms with Gasteiger partial charge in [-0.3, -0.25) is 4.99 Å². The fourth-order valence-corrected chi connectivity index (χ4v) is 2.55. The normalized spacial score (nSPS) is 15.9. The molecule has 1 aromatic rings. The van der Waals surface area contributed by atoms with Crippen molar-refractivity contribution in [2.24, 2.45) is 4.99 Å². The van der Waals surface area contributed by atoms with Gasteiger partial charge in [0.2, 0.25) is 0 Å². The van der Waals surface area contributed by atoms with Crippen LogP contribution in [-0.4, -0.2) is 37.0 Å². The van der Waals surface area contributed by atoms with Crippen LogP contribution in [0.4, 0.5) is 0 Å². The first-order chi connectivity index (χ1) is 9.29. The molecular weight excluding hydrogens is 258 g/mol. The highest BCUT2D eigenvalue weighted by Crippen LogP contribution is 2.11. The Morgan fingerprint density at radius 3 is 2.84 bits per heavy atom. The molecule has 0 atom stereocenters. The van der Waals surface area contributed by atoms with Crippen LogP contribution in [0.2, 0.25) is 5.02 Å². The third-order valence-corrected chi connectivity index (χ3v) is 3.53. The monoisotopic (exact) mass is 279 g/mol. The van der Waals surface area contributed by atoms with Crippen molar-refractivity contribution in [3.8, 4) is 0 Å². The number of aliphatic imine (C=N–C) groups is 1. The Morgan fingerprint density at radius 2 is 2.16 bits per heavy atom. The summed E-state index contributed by atoms with van der Waals surface area (Å²) in [5.74, 6) is 1.06. The summed E-state index contributed by atoms with van der Waals surface area (Å²) in [6.07, 6.45) is 3.49. The van der Waals surface area contributed by atoms with Crippen LogP contribution in [0.3, 0.4) is 0 Å². The summed E-state index contributed by atoms with van der Waals surface area (Å²) >= 11 is 5.98. The van der Waals surface area contributed by atoms with Crippen molar-refractivity contribution in [1.29, 1.82) is 0 Å². The Bertz CT molecular complexity index is 425. The van der Waals surface area contributed by atoms with Crippen molar-refractivity contribution < 1.29 is 0 Å². The molecule has 1 N–H and O–H groups in total. The van der Waals surface area contributed by atoms with Crippen LogP contribution in [0.5, 0.6) is 0 Å². The van der Waals surface area contributed by atoms with Gasteiger partial charge in [-0.05, 0) is 43.9 Å². The molecule has 1 fully saturated rings. The Hall–Kier alpha value is -1.22. The molecule has 1 heterocycles. The van der Waals surface area contributed by atoms with Gasteiger partial charge in [-0.1, -0.05) is 23.7 Å². The maximum absolute atomic E-state index is 5.98. The van der Waals surface area contributed by atoms with E-state index in [9.17, 15) is 0 Å². The van der Waals surface area contributed by atoms with Crippen LogP contribution in [-0.2, 0) is 6.42 Å². The molecule has 0 bridgehead atoms. The standard InChI is InChI=1S/C15H22ClN3/c1-2-17-15(19-10-3-4-11-19)18-9-8-13-6-5-7-14(16)12-13/h5-7,12H,2-4,8-11H2,1H3,(H,17,18). The average Bonchev–Trinajstić information content (AvgIpc) is 2.91. The van der Waals surface area contributed by atoms with Gasteiger partial charge in [-0.15, -0.1) is 0 Å². The number of benzene rings is 1. The molecule has 0 radical (unpaired) electrons. The summed E-state index contributed by atoms with van der Waals surface area (Å²) in [5, 5.41) is 4.17. The lowest BCUT2D eigenvalue weighted by molar-refractivity contribution is 0.494. The second kappa shape index (κ2) is 7.39. The number of nitrogens with one attached hydrogen (secondary N) is 1. The van der Waals surface area contributed by atoms with Crippen molar-refractivity contribution in [3.05, 3.63) is 34.9 Å². The quantitative estimate of drug-likeness (QED) is 0.678. The summed E-state index contributed by atoms with van der Waals surface area (Å²) in [6, 6.07) is 8.01. The van der Waals surface area contributed by atoms with Gasteiger partial charge in [0.15, 0.2) is 5.96 Å². The summed E-state index contributed by atoms with van der Waals surface area (Å²) < 4.78 is 0. The van der Waals surface area contributed by atoms with E-state index in [0.717, 1.165) is 43.6 Å². The van der Waals surface area contributed by atoms with E-state index in [2.05, 4.69) is 23.2 Å². The first kappa shape index (κ1) is 14.2. The first-order valence-corrected chi connectivity index (χ1v) is 7.45. The zero-order chi connectivity index (χ0) is 13.5. The van der Waals surface area contributed by atoms with Crippen molar-refractivity contribution >= 4 is 17.6 Å². The molecule has 0 unspecified atom stereocenters.